The van der Waals surface area contributed by atoms with Gasteiger partial charge in [-0.2, -0.15) is 0 Å². The van der Waals surface area contributed by atoms with Crippen LogP contribution in [0.4, 0.5) is 4.39 Å². The van der Waals surface area contributed by atoms with Gasteiger partial charge in [0.25, 0.3) is 0 Å². The zero-order valence-electron chi connectivity index (χ0n) is 11.7. The molecule has 2 nitrogen and oxygen atoms in total. The van der Waals surface area contributed by atoms with Crippen molar-refractivity contribution in [2.75, 3.05) is 6.54 Å². The molecular formula is C16H23ClFNO. The van der Waals surface area contributed by atoms with Gasteiger partial charge < -0.3 is 10.8 Å². The predicted octanol–water partition coefficient (Wildman–Crippen LogP) is 4.20. The van der Waals surface area contributed by atoms with E-state index in [0.717, 1.165) is 38.5 Å². The van der Waals surface area contributed by atoms with E-state index in [1.165, 1.54) is 12.5 Å². The van der Waals surface area contributed by atoms with Crippen LogP contribution < -0.4 is 5.73 Å². The standard InChI is InChI=1S/C16H23ClFNO/c17-12-7-6-8-13(18)14(12)15(20)16(11-19)9-4-2-1-3-5-10-16/h6-8,15,20H,1-5,9-11,19H2. The Morgan fingerprint density at radius 1 is 1.20 bits per heavy atom. The Morgan fingerprint density at radius 2 is 1.80 bits per heavy atom. The minimum absolute atomic E-state index is 0.209. The zero-order valence-corrected chi connectivity index (χ0v) is 12.5. The molecule has 20 heavy (non-hydrogen) atoms. The van der Waals surface area contributed by atoms with E-state index in [9.17, 15) is 9.50 Å². The molecule has 0 amide bonds. The van der Waals surface area contributed by atoms with Gasteiger partial charge in [0, 0.05) is 22.5 Å². The van der Waals surface area contributed by atoms with Crippen LogP contribution in [0.3, 0.4) is 0 Å². The maximum Gasteiger partial charge on any atom is 0.130 e. The van der Waals surface area contributed by atoms with Crippen LogP contribution in [0.15, 0.2) is 18.2 Å². The number of hydrogen-bond acceptors (Lipinski definition) is 2. The van der Waals surface area contributed by atoms with Gasteiger partial charge in [-0.15, -0.1) is 0 Å². The van der Waals surface area contributed by atoms with Crippen molar-refractivity contribution >= 4 is 11.6 Å². The van der Waals surface area contributed by atoms with E-state index in [1.54, 1.807) is 12.1 Å². The molecule has 1 aliphatic rings. The average molecular weight is 300 g/mol. The van der Waals surface area contributed by atoms with E-state index in [-0.39, 0.29) is 10.6 Å². The minimum atomic E-state index is -0.931. The van der Waals surface area contributed by atoms with E-state index in [4.69, 9.17) is 17.3 Å². The molecule has 2 rings (SSSR count). The molecule has 1 saturated carbocycles. The van der Waals surface area contributed by atoms with Gasteiger partial charge >= 0.3 is 0 Å². The quantitative estimate of drug-likeness (QED) is 0.878. The van der Waals surface area contributed by atoms with E-state index >= 15 is 0 Å². The van der Waals surface area contributed by atoms with Crippen LogP contribution in [0.2, 0.25) is 5.02 Å². The highest BCUT2D eigenvalue weighted by Gasteiger charge is 2.39. The molecule has 1 aromatic carbocycles. The lowest BCUT2D eigenvalue weighted by atomic mass is 9.70. The Bertz CT molecular complexity index is 424. The Kier molecular flexibility index (Phi) is 5.42. The lowest BCUT2D eigenvalue weighted by Gasteiger charge is -2.39. The largest absolute Gasteiger partial charge is 0.388 e. The van der Waals surface area contributed by atoms with Crippen LogP contribution in [0, 0.1) is 11.2 Å². The van der Waals surface area contributed by atoms with Crippen molar-refractivity contribution in [1.82, 2.24) is 0 Å². The van der Waals surface area contributed by atoms with Crippen LogP contribution in [0.5, 0.6) is 0 Å². The molecule has 0 aromatic heterocycles. The van der Waals surface area contributed by atoms with Gasteiger partial charge in [-0.3, -0.25) is 0 Å². The zero-order chi connectivity index (χ0) is 14.6. The Hall–Kier alpha value is -0.640. The Labute approximate surface area is 125 Å². The molecule has 0 radical (unpaired) electrons. The van der Waals surface area contributed by atoms with E-state index in [0.29, 0.717) is 6.54 Å². The van der Waals surface area contributed by atoms with Gasteiger partial charge in [-0.05, 0) is 25.0 Å². The first-order chi connectivity index (χ1) is 9.60. The summed E-state index contributed by atoms with van der Waals surface area (Å²) in [6.45, 7) is 0.360. The second-order valence-electron chi connectivity index (χ2n) is 5.87. The lowest BCUT2D eigenvalue weighted by molar-refractivity contribution is 0.00622. The summed E-state index contributed by atoms with van der Waals surface area (Å²) in [5.74, 6) is -0.445. The first-order valence-electron chi connectivity index (χ1n) is 7.43. The maximum absolute atomic E-state index is 14.1. The summed E-state index contributed by atoms with van der Waals surface area (Å²) in [7, 11) is 0. The molecule has 1 unspecified atom stereocenters. The monoisotopic (exact) mass is 299 g/mol. The lowest BCUT2D eigenvalue weighted by Crippen LogP contribution is -2.38. The fraction of sp³-hybridized carbons (Fsp3) is 0.625. The van der Waals surface area contributed by atoms with Crippen molar-refractivity contribution in [3.63, 3.8) is 0 Å². The molecule has 0 spiro atoms. The van der Waals surface area contributed by atoms with E-state index in [1.807, 2.05) is 0 Å². The molecule has 1 atom stereocenters. The van der Waals surface area contributed by atoms with Crippen molar-refractivity contribution in [1.29, 1.82) is 0 Å². The highest BCUT2D eigenvalue weighted by atomic mass is 35.5. The summed E-state index contributed by atoms with van der Waals surface area (Å²) in [6.07, 6.45) is 6.32. The molecule has 0 aliphatic heterocycles. The third-order valence-corrected chi connectivity index (χ3v) is 4.94. The molecule has 1 aromatic rings. The van der Waals surface area contributed by atoms with Crippen LogP contribution in [-0.2, 0) is 0 Å². The summed E-state index contributed by atoms with van der Waals surface area (Å²) in [5.41, 5.74) is 5.73. The van der Waals surface area contributed by atoms with Crippen LogP contribution >= 0.6 is 11.6 Å². The normalized spacial score (nSPS) is 21.0. The van der Waals surface area contributed by atoms with Gasteiger partial charge in [-0.1, -0.05) is 49.8 Å². The van der Waals surface area contributed by atoms with Crippen molar-refractivity contribution in [2.45, 2.75) is 51.0 Å². The van der Waals surface area contributed by atoms with Crippen LogP contribution in [-0.4, -0.2) is 11.7 Å². The van der Waals surface area contributed by atoms with Gasteiger partial charge in [0.2, 0.25) is 0 Å². The molecule has 1 fully saturated rings. The smallest absolute Gasteiger partial charge is 0.130 e. The van der Waals surface area contributed by atoms with Crippen LogP contribution in [0.1, 0.15) is 56.6 Å². The van der Waals surface area contributed by atoms with E-state index < -0.39 is 17.3 Å². The number of benzene rings is 1. The summed E-state index contributed by atoms with van der Waals surface area (Å²) in [5, 5.41) is 11.1. The van der Waals surface area contributed by atoms with Crippen molar-refractivity contribution in [2.24, 2.45) is 11.1 Å². The molecule has 0 heterocycles. The minimum Gasteiger partial charge on any atom is -0.388 e. The molecule has 0 saturated heterocycles. The fourth-order valence-electron chi connectivity index (χ4n) is 3.28. The number of rotatable bonds is 3. The average Bonchev–Trinajstić information content (AvgIpc) is 2.39. The Morgan fingerprint density at radius 3 is 2.35 bits per heavy atom. The molecule has 4 heteroatoms. The second-order valence-corrected chi connectivity index (χ2v) is 6.28. The number of nitrogens with two attached hydrogens (primary N) is 1. The van der Waals surface area contributed by atoms with Crippen molar-refractivity contribution < 1.29 is 9.50 Å². The van der Waals surface area contributed by atoms with Gasteiger partial charge in [-0.25, -0.2) is 4.39 Å². The fourth-order valence-corrected chi connectivity index (χ4v) is 3.54. The summed E-state index contributed by atoms with van der Waals surface area (Å²) >= 11 is 6.09. The number of aliphatic hydroxyl groups is 1. The molecule has 112 valence electrons. The molecular weight excluding hydrogens is 277 g/mol. The summed E-state index contributed by atoms with van der Waals surface area (Å²) < 4.78 is 14.1. The van der Waals surface area contributed by atoms with Gasteiger partial charge in [0.1, 0.15) is 5.82 Å². The van der Waals surface area contributed by atoms with Gasteiger partial charge in [0.15, 0.2) is 0 Å². The first-order valence-corrected chi connectivity index (χ1v) is 7.80. The summed E-state index contributed by atoms with van der Waals surface area (Å²) in [4.78, 5) is 0. The Balaban J connectivity index is 2.33. The predicted molar refractivity (Wildman–Crippen MR) is 80.2 cm³/mol. The topological polar surface area (TPSA) is 46.2 Å². The number of halogens is 2. The molecule has 1 aliphatic carbocycles. The third-order valence-electron chi connectivity index (χ3n) is 4.61. The summed E-state index contributed by atoms with van der Waals surface area (Å²) in [6, 6.07) is 4.52. The maximum atomic E-state index is 14.1. The van der Waals surface area contributed by atoms with Crippen LogP contribution in [0.25, 0.3) is 0 Å². The van der Waals surface area contributed by atoms with Crippen molar-refractivity contribution in [3.8, 4) is 0 Å². The highest BCUT2D eigenvalue weighted by molar-refractivity contribution is 6.31. The molecule has 0 bridgehead atoms. The SMILES string of the molecule is NCC1(C(O)c2c(F)cccc2Cl)CCCCCCC1. The second kappa shape index (κ2) is 6.88. The number of hydrogen-bond donors (Lipinski definition) is 2. The third kappa shape index (κ3) is 3.16. The van der Waals surface area contributed by atoms with Gasteiger partial charge in [0.05, 0.1) is 6.10 Å². The van der Waals surface area contributed by atoms with Crippen molar-refractivity contribution in [3.05, 3.63) is 34.6 Å². The highest BCUT2D eigenvalue weighted by Crippen LogP contribution is 2.45. The van der Waals surface area contributed by atoms with E-state index in [2.05, 4.69) is 0 Å². The number of aliphatic hydroxyl groups excluding tert-OH is 1. The molecule has 3 N–H and O–H groups in total. The first kappa shape index (κ1) is 15.7.